The molecule has 0 aliphatic heterocycles. The maximum Gasteiger partial charge on any atom is 0.338 e. The molecule has 0 aliphatic rings. The lowest BCUT2D eigenvalue weighted by Crippen LogP contribution is -2.05. The van der Waals surface area contributed by atoms with Crippen molar-refractivity contribution in [2.45, 2.75) is 17.3 Å². The fourth-order valence-corrected chi connectivity index (χ4v) is 3.24. The Morgan fingerprint density at radius 2 is 1.52 bits per heavy atom. The molecule has 0 bridgehead atoms. The van der Waals surface area contributed by atoms with Gasteiger partial charge in [-0.15, -0.1) is 11.8 Å². The molecule has 0 saturated carbocycles. The molecule has 4 heteroatoms. The van der Waals surface area contributed by atoms with E-state index in [0.717, 1.165) is 16.9 Å². The van der Waals surface area contributed by atoms with Gasteiger partial charge in [-0.3, -0.25) is 0 Å². The summed E-state index contributed by atoms with van der Waals surface area (Å²) in [7, 11) is 0. The summed E-state index contributed by atoms with van der Waals surface area (Å²) in [5, 5.41) is 10.0. The van der Waals surface area contributed by atoms with Crippen LogP contribution in [0.15, 0.2) is 83.8 Å². The molecule has 126 valence electrons. The number of carbonyl (C=O) groups excluding carboxylic acids is 1. The van der Waals surface area contributed by atoms with E-state index in [4.69, 9.17) is 4.74 Å². The summed E-state index contributed by atoms with van der Waals surface area (Å²) in [6.45, 7) is 0.229. The van der Waals surface area contributed by atoms with Crippen molar-refractivity contribution in [1.82, 2.24) is 0 Å². The van der Waals surface area contributed by atoms with Crippen molar-refractivity contribution < 1.29 is 14.6 Å². The smallest absolute Gasteiger partial charge is 0.338 e. The molecule has 0 aliphatic carbocycles. The maximum atomic E-state index is 12.2. The van der Waals surface area contributed by atoms with Crippen LogP contribution in [0.3, 0.4) is 0 Å². The van der Waals surface area contributed by atoms with Gasteiger partial charge in [-0.2, -0.15) is 0 Å². The van der Waals surface area contributed by atoms with Crippen LogP contribution in [-0.2, 0) is 17.1 Å². The number of carbonyl (C=O) groups is 1. The van der Waals surface area contributed by atoms with E-state index in [1.165, 1.54) is 17.8 Å². The lowest BCUT2D eigenvalue weighted by atomic mass is 10.2. The summed E-state index contributed by atoms with van der Waals surface area (Å²) in [6.07, 6.45) is 0. The third-order valence-electron chi connectivity index (χ3n) is 3.65. The normalized spacial score (nSPS) is 10.4. The number of thioether (sulfide) groups is 1. The van der Waals surface area contributed by atoms with E-state index in [0.29, 0.717) is 10.5 Å². The van der Waals surface area contributed by atoms with Crippen LogP contribution in [0.2, 0.25) is 0 Å². The summed E-state index contributed by atoms with van der Waals surface area (Å²) in [4.78, 5) is 12.9. The molecule has 0 unspecified atom stereocenters. The van der Waals surface area contributed by atoms with Crippen molar-refractivity contribution >= 4 is 17.7 Å². The van der Waals surface area contributed by atoms with Crippen LogP contribution in [-0.4, -0.2) is 11.1 Å². The number of phenols is 1. The number of ether oxygens (including phenoxy) is 1. The third kappa shape index (κ3) is 4.88. The molecular weight excluding hydrogens is 332 g/mol. The van der Waals surface area contributed by atoms with Gasteiger partial charge in [0.05, 0.1) is 10.5 Å². The van der Waals surface area contributed by atoms with E-state index in [-0.39, 0.29) is 12.4 Å². The highest BCUT2D eigenvalue weighted by atomic mass is 32.2. The zero-order valence-electron chi connectivity index (χ0n) is 13.6. The Morgan fingerprint density at radius 3 is 2.20 bits per heavy atom. The molecule has 0 fully saturated rings. The average Bonchev–Trinajstić information content (AvgIpc) is 2.67. The van der Waals surface area contributed by atoms with Gasteiger partial charge in [0, 0.05) is 5.75 Å². The number of hydrogen-bond donors (Lipinski definition) is 1. The molecule has 0 aromatic heterocycles. The van der Waals surface area contributed by atoms with Gasteiger partial charge in [-0.1, -0.05) is 60.7 Å². The zero-order valence-corrected chi connectivity index (χ0v) is 14.4. The number of benzene rings is 3. The Balaban J connectivity index is 1.64. The van der Waals surface area contributed by atoms with E-state index < -0.39 is 5.97 Å². The van der Waals surface area contributed by atoms with Crippen molar-refractivity contribution in [2.75, 3.05) is 0 Å². The van der Waals surface area contributed by atoms with Crippen LogP contribution in [0.4, 0.5) is 0 Å². The Morgan fingerprint density at radius 1 is 0.880 bits per heavy atom. The number of aromatic hydroxyl groups is 1. The number of esters is 1. The van der Waals surface area contributed by atoms with Crippen LogP contribution in [0.1, 0.15) is 21.5 Å². The standard InChI is InChI=1S/C21H18O3S/c22-19-12-11-18(21(23)24-14-16-7-3-1-4-8-16)13-20(19)25-15-17-9-5-2-6-10-17/h1-13,22H,14-15H2. The average molecular weight is 350 g/mol. The number of rotatable bonds is 6. The number of hydrogen-bond acceptors (Lipinski definition) is 4. The summed E-state index contributed by atoms with van der Waals surface area (Å²) >= 11 is 1.49. The molecule has 3 aromatic rings. The highest BCUT2D eigenvalue weighted by Crippen LogP contribution is 2.32. The summed E-state index contributed by atoms with van der Waals surface area (Å²) < 4.78 is 5.34. The first kappa shape index (κ1) is 17.1. The van der Waals surface area contributed by atoms with Gasteiger partial charge < -0.3 is 9.84 Å². The first-order chi connectivity index (χ1) is 12.2. The van der Waals surface area contributed by atoms with E-state index in [2.05, 4.69) is 0 Å². The van der Waals surface area contributed by atoms with E-state index in [1.54, 1.807) is 12.1 Å². The first-order valence-electron chi connectivity index (χ1n) is 7.93. The predicted octanol–water partition coefficient (Wildman–Crippen LogP) is 5.04. The minimum absolute atomic E-state index is 0.167. The quantitative estimate of drug-likeness (QED) is 0.500. The molecule has 3 nitrogen and oxygen atoms in total. The Labute approximate surface area is 151 Å². The minimum atomic E-state index is -0.398. The van der Waals surface area contributed by atoms with Crippen LogP contribution in [0.25, 0.3) is 0 Å². The molecule has 0 amide bonds. The Bertz CT molecular complexity index is 832. The van der Waals surface area contributed by atoms with Gasteiger partial charge in [0.15, 0.2) is 0 Å². The van der Waals surface area contributed by atoms with Gasteiger partial charge in [0.2, 0.25) is 0 Å². The minimum Gasteiger partial charge on any atom is -0.507 e. The fourth-order valence-electron chi connectivity index (χ4n) is 2.30. The second kappa shape index (κ2) is 8.40. The molecule has 3 aromatic carbocycles. The third-order valence-corrected chi connectivity index (χ3v) is 4.76. The highest BCUT2D eigenvalue weighted by Gasteiger charge is 2.11. The topological polar surface area (TPSA) is 46.5 Å². The second-order valence-corrected chi connectivity index (χ2v) is 6.54. The molecule has 0 heterocycles. The molecule has 0 spiro atoms. The fraction of sp³-hybridized carbons (Fsp3) is 0.0952. The summed E-state index contributed by atoms with van der Waals surface area (Å²) in [5.74, 6) is 0.489. The second-order valence-electron chi connectivity index (χ2n) is 5.52. The Hall–Kier alpha value is -2.72. The summed E-state index contributed by atoms with van der Waals surface area (Å²) in [5.41, 5.74) is 2.53. The first-order valence-corrected chi connectivity index (χ1v) is 8.92. The van der Waals surface area contributed by atoms with Crippen molar-refractivity contribution in [1.29, 1.82) is 0 Å². The molecule has 3 rings (SSSR count). The van der Waals surface area contributed by atoms with Crippen LogP contribution >= 0.6 is 11.8 Å². The monoisotopic (exact) mass is 350 g/mol. The van der Waals surface area contributed by atoms with Gasteiger partial charge in [-0.05, 0) is 29.3 Å². The largest absolute Gasteiger partial charge is 0.507 e. The SMILES string of the molecule is O=C(OCc1ccccc1)c1ccc(O)c(SCc2ccccc2)c1. The van der Waals surface area contributed by atoms with Crippen molar-refractivity contribution in [3.05, 3.63) is 95.6 Å². The number of phenolic OH excluding ortho intramolecular Hbond substituents is 1. The van der Waals surface area contributed by atoms with E-state index in [1.807, 2.05) is 60.7 Å². The van der Waals surface area contributed by atoms with E-state index in [9.17, 15) is 9.90 Å². The molecule has 1 N–H and O–H groups in total. The molecule has 25 heavy (non-hydrogen) atoms. The van der Waals surface area contributed by atoms with Crippen molar-refractivity contribution in [3.63, 3.8) is 0 Å². The summed E-state index contributed by atoms with van der Waals surface area (Å²) in [6, 6.07) is 24.3. The molecular formula is C21H18O3S. The lowest BCUT2D eigenvalue weighted by molar-refractivity contribution is 0.0472. The molecule has 0 saturated heterocycles. The van der Waals surface area contributed by atoms with Crippen LogP contribution < -0.4 is 0 Å². The van der Waals surface area contributed by atoms with Crippen molar-refractivity contribution in [2.24, 2.45) is 0 Å². The highest BCUT2D eigenvalue weighted by molar-refractivity contribution is 7.98. The van der Waals surface area contributed by atoms with Crippen LogP contribution in [0, 0.1) is 0 Å². The van der Waals surface area contributed by atoms with E-state index >= 15 is 0 Å². The zero-order chi connectivity index (χ0) is 17.5. The van der Waals surface area contributed by atoms with Gasteiger partial charge in [0.25, 0.3) is 0 Å². The van der Waals surface area contributed by atoms with Gasteiger partial charge in [-0.25, -0.2) is 4.79 Å². The van der Waals surface area contributed by atoms with Crippen LogP contribution in [0.5, 0.6) is 5.75 Å². The van der Waals surface area contributed by atoms with Gasteiger partial charge in [0.1, 0.15) is 12.4 Å². The maximum absolute atomic E-state index is 12.2. The lowest BCUT2D eigenvalue weighted by Gasteiger charge is -2.08. The van der Waals surface area contributed by atoms with Crippen molar-refractivity contribution in [3.8, 4) is 5.75 Å². The molecule has 0 radical (unpaired) electrons. The Kier molecular flexibility index (Phi) is 5.75. The predicted molar refractivity (Wildman–Crippen MR) is 99.7 cm³/mol. The molecule has 0 atom stereocenters. The van der Waals surface area contributed by atoms with Gasteiger partial charge >= 0.3 is 5.97 Å².